The predicted molar refractivity (Wildman–Crippen MR) is 121 cm³/mol. The topological polar surface area (TPSA) is 46.6 Å². The Hall–Kier alpha value is -2.62. The lowest BCUT2D eigenvalue weighted by Gasteiger charge is -2.29. The number of Topliss-reactive ketones (excluding diaryl/α,β-unsaturated/α-hetero) is 1. The summed E-state index contributed by atoms with van der Waals surface area (Å²) in [4.78, 5) is 26.8. The maximum absolute atomic E-state index is 12.9. The van der Waals surface area contributed by atoms with Crippen molar-refractivity contribution in [2.24, 2.45) is 0 Å². The normalized spacial score (nSPS) is 13.4. The molecule has 1 amide bonds. The monoisotopic (exact) mass is 407 g/mol. The average molecular weight is 408 g/mol. The molecule has 0 aromatic heterocycles. The molecule has 4 nitrogen and oxygen atoms in total. The summed E-state index contributed by atoms with van der Waals surface area (Å²) in [6.45, 7) is 6.39. The highest BCUT2D eigenvalue weighted by molar-refractivity contribution is 5.85. The van der Waals surface area contributed by atoms with Gasteiger partial charge in [0.05, 0.1) is 6.04 Å². The minimum atomic E-state index is -0.400. The Balaban J connectivity index is 1.69. The molecule has 1 atom stereocenters. The van der Waals surface area contributed by atoms with Gasteiger partial charge in [-0.3, -0.25) is 9.69 Å². The number of nitrogens with zero attached hydrogens (tertiary/aromatic N) is 1. The van der Waals surface area contributed by atoms with E-state index in [1.807, 2.05) is 31.2 Å². The Morgan fingerprint density at radius 1 is 0.933 bits per heavy atom. The first-order valence-electron chi connectivity index (χ1n) is 11.2. The lowest BCUT2D eigenvalue weighted by atomic mass is 9.98. The van der Waals surface area contributed by atoms with Gasteiger partial charge in [0.2, 0.25) is 0 Å². The number of unbranched alkanes of at least 4 members (excludes halogenated alkanes) is 3. The Morgan fingerprint density at radius 3 is 2.07 bits per heavy atom. The number of carbonyl (C=O) groups is 2. The van der Waals surface area contributed by atoms with Crippen molar-refractivity contribution in [3.63, 3.8) is 0 Å². The van der Waals surface area contributed by atoms with Crippen molar-refractivity contribution in [2.75, 3.05) is 13.2 Å². The third kappa shape index (κ3) is 4.75. The van der Waals surface area contributed by atoms with Gasteiger partial charge in [0.25, 0.3) is 0 Å². The van der Waals surface area contributed by atoms with E-state index in [0.717, 1.165) is 25.7 Å². The molecule has 1 aliphatic carbocycles. The average Bonchev–Trinajstić information content (AvgIpc) is 3.08. The van der Waals surface area contributed by atoms with Crippen LogP contribution in [0.4, 0.5) is 4.79 Å². The van der Waals surface area contributed by atoms with E-state index in [9.17, 15) is 9.59 Å². The molecule has 0 unspecified atom stereocenters. The number of likely N-dealkylation sites (N-methyl/N-ethyl adjacent to an activating group) is 1. The Labute approximate surface area is 180 Å². The lowest BCUT2D eigenvalue weighted by molar-refractivity contribution is -0.122. The fraction of sp³-hybridized carbons (Fsp3) is 0.462. The van der Waals surface area contributed by atoms with E-state index in [-0.39, 0.29) is 18.3 Å². The van der Waals surface area contributed by atoms with Crippen LogP contribution in [0.1, 0.15) is 69.9 Å². The molecule has 30 heavy (non-hydrogen) atoms. The second kappa shape index (κ2) is 10.4. The molecule has 2 aromatic carbocycles. The van der Waals surface area contributed by atoms with Crippen molar-refractivity contribution in [1.82, 2.24) is 4.90 Å². The summed E-state index contributed by atoms with van der Waals surface area (Å²) in [5.41, 5.74) is 4.80. The quantitative estimate of drug-likeness (QED) is 0.441. The van der Waals surface area contributed by atoms with Crippen LogP contribution in [0, 0.1) is 0 Å². The van der Waals surface area contributed by atoms with Crippen molar-refractivity contribution >= 4 is 11.9 Å². The van der Waals surface area contributed by atoms with Gasteiger partial charge in [0.15, 0.2) is 5.78 Å². The summed E-state index contributed by atoms with van der Waals surface area (Å²) in [5.74, 6) is 0.0576. The number of ketones is 1. The highest BCUT2D eigenvalue weighted by Gasteiger charge is 2.31. The van der Waals surface area contributed by atoms with Gasteiger partial charge in [-0.2, -0.15) is 0 Å². The molecule has 0 bridgehead atoms. The molecular formula is C26H33NO3. The second-order valence-electron chi connectivity index (χ2n) is 8.07. The maximum atomic E-state index is 12.9. The number of amides is 1. The Bertz CT molecular complexity index is 831. The molecular weight excluding hydrogens is 374 g/mol. The highest BCUT2D eigenvalue weighted by atomic mass is 16.6. The number of fused-ring (bicyclic) bond motifs is 3. The van der Waals surface area contributed by atoms with Gasteiger partial charge in [0.1, 0.15) is 6.61 Å². The molecule has 0 heterocycles. The van der Waals surface area contributed by atoms with Crippen molar-refractivity contribution in [3.8, 4) is 11.1 Å². The van der Waals surface area contributed by atoms with Gasteiger partial charge >= 0.3 is 6.09 Å². The molecule has 160 valence electrons. The summed E-state index contributed by atoms with van der Waals surface area (Å²) in [5, 5.41) is 0. The van der Waals surface area contributed by atoms with Crippen LogP contribution in [0.3, 0.4) is 0 Å². The van der Waals surface area contributed by atoms with Crippen LogP contribution in [0.25, 0.3) is 11.1 Å². The van der Waals surface area contributed by atoms with Crippen molar-refractivity contribution in [2.45, 2.75) is 64.8 Å². The fourth-order valence-electron chi connectivity index (χ4n) is 4.50. The van der Waals surface area contributed by atoms with Gasteiger partial charge in [-0.15, -0.1) is 0 Å². The molecule has 0 fully saturated rings. The number of rotatable bonds is 10. The number of hydrogen-bond donors (Lipinski definition) is 0. The number of ether oxygens (including phenoxy) is 1. The van der Waals surface area contributed by atoms with E-state index in [1.54, 1.807) is 11.8 Å². The standard InChI is InChI=1S/C26H33NO3/c1-4-6-7-8-17-25(19(3)28)27(5-2)26(29)30-18-24-22-15-11-9-13-20(22)21-14-10-12-16-23(21)24/h9-16,24-25H,4-8,17-18H2,1-3H3/t25-/m0/s1. The van der Waals surface area contributed by atoms with E-state index in [0.29, 0.717) is 13.0 Å². The SMILES string of the molecule is CCCCCC[C@@H](C(C)=O)N(CC)C(=O)OCC1c2ccccc2-c2ccccc21. The van der Waals surface area contributed by atoms with Gasteiger partial charge in [-0.05, 0) is 42.5 Å². The van der Waals surface area contributed by atoms with Crippen LogP contribution in [-0.2, 0) is 9.53 Å². The second-order valence-corrected chi connectivity index (χ2v) is 8.07. The molecule has 0 radical (unpaired) electrons. The zero-order chi connectivity index (χ0) is 21.5. The summed E-state index contributed by atoms with van der Waals surface area (Å²) in [6, 6.07) is 16.2. The van der Waals surface area contributed by atoms with Gasteiger partial charge in [-0.1, -0.05) is 81.1 Å². The smallest absolute Gasteiger partial charge is 0.410 e. The molecule has 0 spiro atoms. The lowest BCUT2D eigenvalue weighted by Crippen LogP contribution is -2.44. The molecule has 0 aliphatic heterocycles. The van der Waals surface area contributed by atoms with Gasteiger partial charge in [-0.25, -0.2) is 4.79 Å². The molecule has 0 N–H and O–H groups in total. The highest BCUT2D eigenvalue weighted by Crippen LogP contribution is 2.44. The Kier molecular flexibility index (Phi) is 7.67. The summed E-state index contributed by atoms with van der Waals surface area (Å²) < 4.78 is 5.79. The fourth-order valence-corrected chi connectivity index (χ4v) is 4.50. The summed E-state index contributed by atoms with van der Waals surface area (Å²) in [7, 11) is 0. The first-order chi connectivity index (χ1) is 14.6. The largest absolute Gasteiger partial charge is 0.448 e. The van der Waals surface area contributed by atoms with E-state index >= 15 is 0 Å². The van der Waals surface area contributed by atoms with Crippen LogP contribution in [-0.4, -0.2) is 36.0 Å². The van der Waals surface area contributed by atoms with E-state index in [4.69, 9.17) is 4.74 Å². The van der Waals surface area contributed by atoms with Crippen LogP contribution >= 0.6 is 0 Å². The third-order valence-corrected chi connectivity index (χ3v) is 6.09. The first-order valence-corrected chi connectivity index (χ1v) is 11.2. The first kappa shape index (κ1) is 22.1. The summed E-state index contributed by atoms with van der Waals surface area (Å²) >= 11 is 0. The number of hydrogen-bond acceptors (Lipinski definition) is 3. The molecule has 0 saturated heterocycles. The zero-order valence-electron chi connectivity index (χ0n) is 18.4. The third-order valence-electron chi connectivity index (χ3n) is 6.09. The van der Waals surface area contributed by atoms with Crippen LogP contribution in [0.5, 0.6) is 0 Å². The van der Waals surface area contributed by atoms with Crippen LogP contribution in [0.2, 0.25) is 0 Å². The maximum Gasteiger partial charge on any atom is 0.410 e. The van der Waals surface area contributed by atoms with E-state index < -0.39 is 12.1 Å². The zero-order valence-corrected chi connectivity index (χ0v) is 18.4. The molecule has 0 saturated carbocycles. The predicted octanol–water partition coefficient (Wildman–Crippen LogP) is 6.19. The van der Waals surface area contributed by atoms with E-state index in [1.165, 1.54) is 22.3 Å². The molecule has 1 aliphatic rings. The minimum Gasteiger partial charge on any atom is -0.448 e. The van der Waals surface area contributed by atoms with Crippen molar-refractivity contribution in [3.05, 3.63) is 59.7 Å². The van der Waals surface area contributed by atoms with Crippen LogP contribution < -0.4 is 0 Å². The van der Waals surface area contributed by atoms with Crippen LogP contribution in [0.15, 0.2) is 48.5 Å². The molecule has 2 aromatic rings. The summed E-state index contributed by atoms with van der Waals surface area (Å²) in [6.07, 6.45) is 4.65. The van der Waals surface area contributed by atoms with Gasteiger partial charge in [0, 0.05) is 12.5 Å². The molecule has 3 rings (SSSR count). The molecule has 4 heteroatoms. The van der Waals surface area contributed by atoms with Crippen molar-refractivity contribution in [1.29, 1.82) is 0 Å². The van der Waals surface area contributed by atoms with Gasteiger partial charge < -0.3 is 4.74 Å². The number of benzene rings is 2. The minimum absolute atomic E-state index is 0.0281. The Morgan fingerprint density at radius 2 is 1.53 bits per heavy atom. The van der Waals surface area contributed by atoms with E-state index in [2.05, 4.69) is 31.2 Å². The van der Waals surface area contributed by atoms with Crippen molar-refractivity contribution < 1.29 is 14.3 Å². The number of carbonyl (C=O) groups excluding carboxylic acids is 2.